The first kappa shape index (κ1) is 14.0. The van der Waals surface area contributed by atoms with Crippen molar-refractivity contribution in [2.24, 2.45) is 5.10 Å². The van der Waals surface area contributed by atoms with Crippen LogP contribution in [-0.2, 0) is 11.3 Å². The molecule has 19 heavy (non-hydrogen) atoms. The number of hydrogen-bond donors (Lipinski definition) is 1. The summed E-state index contributed by atoms with van der Waals surface area (Å²) in [5.74, 6) is -0.196. The van der Waals surface area contributed by atoms with E-state index in [1.807, 2.05) is 31.4 Å². The van der Waals surface area contributed by atoms with Gasteiger partial charge in [0.1, 0.15) is 6.54 Å². The molecule has 0 aliphatic heterocycles. The van der Waals surface area contributed by atoms with Crippen LogP contribution >= 0.6 is 27.3 Å². The predicted octanol–water partition coefficient (Wildman–Crippen LogP) is 2.47. The minimum absolute atomic E-state index is 0.172. The van der Waals surface area contributed by atoms with Gasteiger partial charge in [-0.25, -0.2) is 5.43 Å². The zero-order valence-electron chi connectivity index (χ0n) is 10.6. The number of nitrogens with one attached hydrogen (secondary N) is 1. The van der Waals surface area contributed by atoms with E-state index >= 15 is 0 Å². The third kappa shape index (κ3) is 4.00. The van der Waals surface area contributed by atoms with Crippen molar-refractivity contribution >= 4 is 39.4 Å². The lowest BCUT2D eigenvalue weighted by Gasteiger charge is -2.02. The molecular weight excluding hydrogens is 328 g/mol. The van der Waals surface area contributed by atoms with Gasteiger partial charge in [0.15, 0.2) is 0 Å². The molecule has 5 nitrogen and oxygen atoms in total. The van der Waals surface area contributed by atoms with Gasteiger partial charge in [0.25, 0.3) is 5.91 Å². The van der Waals surface area contributed by atoms with E-state index in [1.165, 1.54) is 0 Å². The van der Waals surface area contributed by atoms with Gasteiger partial charge >= 0.3 is 0 Å². The number of halogens is 1. The summed E-state index contributed by atoms with van der Waals surface area (Å²) in [7, 11) is 0. The van der Waals surface area contributed by atoms with Crippen molar-refractivity contribution in [3.63, 3.8) is 0 Å². The lowest BCUT2D eigenvalue weighted by Crippen LogP contribution is -2.24. The molecule has 0 aliphatic rings. The summed E-state index contributed by atoms with van der Waals surface area (Å²) in [6, 6.07) is 3.86. The van der Waals surface area contributed by atoms with E-state index in [9.17, 15) is 4.79 Å². The molecule has 1 N–H and O–H groups in total. The van der Waals surface area contributed by atoms with Gasteiger partial charge in [-0.05, 0) is 41.9 Å². The monoisotopic (exact) mass is 340 g/mol. The van der Waals surface area contributed by atoms with Crippen molar-refractivity contribution in [3.05, 3.63) is 38.3 Å². The molecule has 7 heteroatoms. The first-order valence-electron chi connectivity index (χ1n) is 5.61. The second-order valence-corrected chi connectivity index (χ2v) is 5.90. The Balaban J connectivity index is 1.88. The van der Waals surface area contributed by atoms with Crippen molar-refractivity contribution in [1.29, 1.82) is 0 Å². The number of rotatable bonds is 4. The molecule has 1 amide bonds. The van der Waals surface area contributed by atoms with Gasteiger partial charge in [-0.1, -0.05) is 0 Å². The van der Waals surface area contributed by atoms with E-state index in [0.717, 1.165) is 20.7 Å². The topological polar surface area (TPSA) is 59.3 Å². The second kappa shape index (κ2) is 6.12. The van der Waals surface area contributed by atoms with Gasteiger partial charge in [-0.3, -0.25) is 9.48 Å². The van der Waals surface area contributed by atoms with E-state index in [-0.39, 0.29) is 12.5 Å². The molecule has 0 saturated heterocycles. The number of hydrazone groups is 1. The molecule has 100 valence electrons. The van der Waals surface area contributed by atoms with E-state index in [0.29, 0.717) is 0 Å². The first-order valence-corrected chi connectivity index (χ1v) is 7.29. The van der Waals surface area contributed by atoms with E-state index in [2.05, 4.69) is 31.6 Å². The number of carbonyl (C=O) groups excluding carboxylic acids is 1. The molecule has 0 aliphatic carbocycles. The zero-order chi connectivity index (χ0) is 13.8. The highest BCUT2D eigenvalue weighted by Gasteiger charge is 2.05. The van der Waals surface area contributed by atoms with Crippen LogP contribution in [0.4, 0.5) is 0 Å². The maximum Gasteiger partial charge on any atom is 0.261 e. The summed E-state index contributed by atoms with van der Waals surface area (Å²) in [6.07, 6.45) is 1.62. The molecule has 0 atom stereocenters. The SMILES string of the molecule is Cc1cc(C)n(CC(=O)N/N=C/c2cc(Br)cs2)n1. The second-order valence-electron chi connectivity index (χ2n) is 4.05. The number of thiophene rings is 1. The van der Waals surface area contributed by atoms with Crippen LogP contribution < -0.4 is 5.43 Å². The number of amides is 1. The average Bonchev–Trinajstić information content (AvgIpc) is 2.86. The molecule has 0 spiro atoms. The van der Waals surface area contributed by atoms with Gasteiger partial charge in [-0.15, -0.1) is 11.3 Å². The molecule has 2 aromatic heterocycles. The summed E-state index contributed by atoms with van der Waals surface area (Å²) in [5.41, 5.74) is 4.34. The highest BCUT2D eigenvalue weighted by molar-refractivity contribution is 9.10. The number of aryl methyl sites for hydroxylation is 2. The Morgan fingerprint density at radius 3 is 2.95 bits per heavy atom. The van der Waals surface area contributed by atoms with Crippen LogP contribution in [0.15, 0.2) is 27.1 Å². The van der Waals surface area contributed by atoms with Crippen LogP contribution in [0.25, 0.3) is 0 Å². The minimum Gasteiger partial charge on any atom is -0.271 e. The van der Waals surface area contributed by atoms with Gasteiger partial charge in [0, 0.05) is 20.4 Å². The summed E-state index contributed by atoms with van der Waals surface area (Å²) in [5, 5.41) is 10.1. The molecule has 2 aromatic rings. The lowest BCUT2D eigenvalue weighted by atomic mass is 10.4. The lowest BCUT2D eigenvalue weighted by molar-refractivity contribution is -0.121. The molecule has 0 saturated carbocycles. The quantitative estimate of drug-likeness (QED) is 0.686. The van der Waals surface area contributed by atoms with Crippen LogP contribution in [0.2, 0.25) is 0 Å². The number of aromatic nitrogens is 2. The normalized spacial score (nSPS) is 11.1. The molecule has 2 rings (SSSR count). The Kier molecular flexibility index (Phi) is 4.49. The fourth-order valence-electron chi connectivity index (χ4n) is 1.57. The first-order chi connectivity index (χ1) is 9.04. The summed E-state index contributed by atoms with van der Waals surface area (Å²) in [4.78, 5) is 12.6. The largest absolute Gasteiger partial charge is 0.271 e. The molecule has 0 fully saturated rings. The third-order valence-corrected chi connectivity index (χ3v) is 3.99. The van der Waals surface area contributed by atoms with E-state index in [1.54, 1.807) is 22.2 Å². The molecule has 0 radical (unpaired) electrons. The Morgan fingerprint density at radius 1 is 1.58 bits per heavy atom. The zero-order valence-corrected chi connectivity index (χ0v) is 13.0. The Hall–Kier alpha value is -1.47. The average molecular weight is 341 g/mol. The highest BCUT2D eigenvalue weighted by Crippen LogP contribution is 2.17. The van der Waals surface area contributed by atoms with Crippen LogP contribution in [0, 0.1) is 13.8 Å². The van der Waals surface area contributed by atoms with Crippen LogP contribution in [-0.4, -0.2) is 21.9 Å². The Bertz CT molecular complexity index is 617. The number of nitrogens with zero attached hydrogens (tertiary/aromatic N) is 3. The molecule has 0 unspecified atom stereocenters. The fourth-order valence-corrected chi connectivity index (χ4v) is 2.87. The number of hydrogen-bond acceptors (Lipinski definition) is 4. The van der Waals surface area contributed by atoms with E-state index in [4.69, 9.17) is 0 Å². The van der Waals surface area contributed by atoms with Crippen LogP contribution in [0.1, 0.15) is 16.3 Å². The summed E-state index contributed by atoms with van der Waals surface area (Å²) >= 11 is 4.90. The maximum atomic E-state index is 11.7. The minimum atomic E-state index is -0.196. The van der Waals surface area contributed by atoms with Gasteiger partial charge in [-0.2, -0.15) is 10.2 Å². The van der Waals surface area contributed by atoms with Crippen LogP contribution in [0.5, 0.6) is 0 Å². The van der Waals surface area contributed by atoms with Gasteiger partial charge in [0.05, 0.1) is 11.9 Å². The van der Waals surface area contributed by atoms with Gasteiger partial charge < -0.3 is 0 Å². The Morgan fingerprint density at radius 2 is 2.37 bits per heavy atom. The Labute approximate surface area is 123 Å². The summed E-state index contributed by atoms with van der Waals surface area (Å²) < 4.78 is 2.66. The predicted molar refractivity (Wildman–Crippen MR) is 79.5 cm³/mol. The van der Waals surface area contributed by atoms with Crippen molar-refractivity contribution < 1.29 is 4.79 Å². The van der Waals surface area contributed by atoms with Crippen molar-refractivity contribution in [2.75, 3.05) is 0 Å². The smallest absolute Gasteiger partial charge is 0.261 e. The standard InChI is InChI=1S/C12H13BrN4OS/c1-8-3-9(2)17(16-8)6-12(18)15-14-5-11-4-10(13)7-19-11/h3-5,7H,6H2,1-2H3,(H,15,18)/b14-5+. The maximum absolute atomic E-state index is 11.7. The molecule has 0 bridgehead atoms. The van der Waals surface area contributed by atoms with Crippen molar-refractivity contribution in [1.82, 2.24) is 15.2 Å². The molecular formula is C12H13BrN4OS. The van der Waals surface area contributed by atoms with Gasteiger partial charge in [0.2, 0.25) is 0 Å². The molecule has 2 heterocycles. The fraction of sp³-hybridized carbons (Fsp3) is 0.250. The van der Waals surface area contributed by atoms with E-state index < -0.39 is 0 Å². The highest BCUT2D eigenvalue weighted by atomic mass is 79.9. The van der Waals surface area contributed by atoms with Crippen LogP contribution in [0.3, 0.4) is 0 Å². The molecule has 0 aromatic carbocycles. The number of carbonyl (C=O) groups is 1. The van der Waals surface area contributed by atoms with Crippen molar-refractivity contribution in [2.45, 2.75) is 20.4 Å². The van der Waals surface area contributed by atoms with Crippen molar-refractivity contribution in [3.8, 4) is 0 Å². The third-order valence-electron chi connectivity index (χ3n) is 2.37. The summed E-state index contributed by atoms with van der Waals surface area (Å²) in [6.45, 7) is 3.99.